The maximum absolute atomic E-state index is 13.1. The minimum atomic E-state index is -1.05. The molecule has 0 spiro atoms. The molecule has 1 atom stereocenters. The smallest absolute Gasteiger partial charge is 0.300 e. The van der Waals surface area contributed by atoms with E-state index in [1.807, 2.05) is 0 Å². The van der Waals surface area contributed by atoms with E-state index in [1.54, 1.807) is 37.3 Å². The monoisotopic (exact) mass is 450 g/mol. The standard InChI is InChI=1S/C24H19ClN2O5/c1-2-32-19-13-14(10-11-15(19)25)22(29)20-21(16-7-5-6-12-26-16)27(24(31)23(20)30)17-8-3-4-9-18(17)28/h3-13,21,28-29H,2H2,1H3/b22-20-. The van der Waals surface area contributed by atoms with Gasteiger partial charge in [0, 0.05) is 11.8 Å². The minimum Gasteiger partial charge on any atom is -0.507 e. The molecule has 4 rings (SSSR count). The van der Waals surface area contributed by atoms with Gasteiger partial charge in [0.15, 0.2) is 0 Å². The summed E-state index contributed by atoms with van der Waals surface area (Å²) in [5.41, 5.74) is 0.599. The highest BCUT2D eigenvalue weighted by molar-refractivity contribution is 6.51. The van der Waals surface area contributed by atoms with Crippen molar-refractivity contribution in [1.29, 1.82) is 0 Å². The predicted molar refractivity (Wildman–Crippen MR) is 120 cm³/mol. The van der Waals surface area contributed by atoms with Gasteiger partial charge in [-0.3, -0.25) is 19.5 Å². The first-order chi connectivity index (χ1) is 15.4. The molecule has 7 nitrogen and oxygen atoms in total. The molecule has 0 bridgehead atoms. The molecule has 2 aromatic carbocycles. The number of pyridine rings is 1. The number of aliphatic hydroxyl groups excluding tert-OH is 1. The van der Waals surface area contributed by atoms with Crippen LogP contribution in [0.25, 0.3) is 5.76 Å². The van der Waals surface area contributed by atoms with Crippen LogP contribution in [0.15, 0.2) is 72.4 Å². The van der Waals surface area contributed by atoms with E-state index in [0.717, 1.165) is 4.90 Å². The first-order valence-corrected chi connectivity index (χ1v) is 10.2. The van der Waals surface area contributed by atoms with Crippen molar-refractivity contribution in [2.45, 2.75) is 13.0 Å². The average Bonchev–Trinajstić information content (AvgIpc) is 3.06. The highest BCUT2D eigenvalue weighted by atomic mass is 35.5. The summed E-state index contributed by atoms with van der Waals surface area (Å²) in [5.74, 6) is -2.02. The normalized spacial score (nSPS) is 17.6. The van der Waals surface area contributed by atoms with Gasteiger partial charge in [-0.25, -0.2) is 0 Å². The summed E-state index contributed by atoms with van der Waals surface area (Å²) in [6, 6.07) is 14.8. The number of rotatable bonds is 5. The molecule has 2 N–H and O–H groups in total. The number of carbonyl (C=O) groups is 2. The summed E-state index contributed by atoms with van der Waals surface area (Å²) in [4.78, 5) is 31.6. The molecule has 1 fully saturated rings. The highest BCUT2D eigenvalue weighted by Crippen LogP contribution is 2.44. The third-order valence-corrected chi connectivity index (χ3v) is 5.37. The molecule has 162 valence electrons. The van der Waals surface area contributed by atoms with Gasteiger partial charge in [0.05, 0.1) is 28.6 Å². The molecule has 1 amide bonds. The van der Waals surface area contributed by atoms with E-state index in [-0.39, 0.29) is 22.6 Å². The summed E-state index contributed by atoms with van der Waals surface area (Å²) in [7, 11) is 0. The Morgan fingerprint density at radius 1 is 1.12 bits per heavy atom. The minimum absolute atomic E-state index is 0.135. The molecule has 2 heterocycles. The molecule has 0 aliphatic carbocycles. The van der Waals surface area contributed by atoms with Gasteiger partial charge in [-0.05, 0) is 49.4 Å². The number of ether oxygens (including phenoxy) is 1. The number of phenols is 1. The second-order valence-corrected chi connectivity index (χ2v) is 7.40. The lowest BCUT2D eigenvalue weighted by atomic mass is 9.98. The van der Waals surface area contributed by atoms with E-state index in [2.05, 4.69) is 4.98 Å². The van der Waals surface area contributed by atoms with Crippen LogP contribution >= 0.6 is 11.6 Å². The fourth-order valence-corrected chi connectivity index (χ4v) is 3.81. The second-order valence-electron chi connectivity index (χ2n) is 6.99. The van der Waals surface area contributed by atoms with Crippen molar-refractivity contribution in [3.05, 3.63) is 88.7 Å². The Kier molecular flexibility index (Phi) is 5.83. The van der Waals surface area contributed by atoms with Gasteiger partial charge < -0.3 is 14.9 Å². The molecule has 1 aromatic heterocycles. The van der Waals surface area contributed by atoms with Crippen molar-refractivity contribution >= 4 is 34.7 Å². The van der Waals surface area contributed by atoms with Gasteiger partial charge in [0.1, 0.15) is 23.3 Å². The molecular weight excluding hydrogens is 432 g/mol. The van der Waals surface area contributed by atoms with Crippen LogP contribution in [-0.4, -0.2) is 33.5 Å². The number of halogens is 1. The van der Waals surface area contributed by atoms with Gasteiger partial charge in [0.25, 0.3) is 11.7 Å². The van der Waals surface area contributed by atoms with E-state index >= 15 is 0 Å². The topological polar surface area (TPSA) is 100.0 Å². The molecular formula is C24H19ClN2O5. The number of nitrogens with zero attached hydrogens (tertiary/aromatic N) is 2. The first-order valence-electron chi connectivity index (χ1n) is 9.86. The van der Waals surface area contributed by atoms with Crippen molar-refractivity contribution in [2.75, 3.05) is 11.5 Å². The number of phenolic OH excluding ortho intramolecular Hbond substituents is 1. The number of Topliss-reactive ketones (excluding diaryl/α,β-unsaturated/α-hetero) is 1. The van der Waals surface area contributed by atoms with Crippen LogP contribution in [0, 0.1) is 0 Å². The number of ketones is 1. The number of para-hydroxylation sites is 2. The average molecular weight is 451 g/mol. The quantitative estimate of drug-likeness (QED) is 0.338. The fourth-order valence-electron chi connectivity index (χ4n) is 3.64. The molecule has 0 saturated carbocycles. The SMILES string of the molecule is CCOc1cc(/C(O)=C2/C(=O)C(=O)N(c3ccccc3O)C2c2ccccn2)ccc1Cl. The number of aromatic nitrogens is 1. The summed E-state index contributed by atoms with van der Waals surface area (Å²) in [6.07, 6.45) is 1.52. The number of aromatic hydroxyl groups is 1. The Bertz CT molecular complexity index is 1230. The van der Waals surface area contributed by atoms with Crippen molar-refractivity contribution in [3.8, 4) is 11.5 Å². The Morgan fingerprint density at radius 2 is 1.88 bits per heavy atom. The third-order valence-electron chi connectivity index (χ3n) is 5.06. The number of aliphatic hydroxyl groups is 1. The van der Waals surface area contributed by atoms with Gasteiger partial charge in [0.2, 0.25) is 0 Å². The van der Waals surface area contributed by atoms with Crippen LogP contribution in [-0.2, 0) is 9.59 Å². The third kappa shape index (κ3) is 3.67. The molecule has 1 unspecified atom stereocenters. The van der Waals surface area contributed by atoms with Gasteiger partial charge in [-0.2, -0.15) is 0 Å². The number of amides is 1. The van der Waals surface area contributed by atoms with Crippen molar-refractivity contribution < 1.29 is 24.5 Å². The van der Waals surface area contributed by atoms with E-state index in [9.17, 15) is 19.8 Å². The number of hydrogen-bond acceptors (Lipinski definition) is 6. The maximum atomic E-state index is 13.1. The van der Waals surface area contributed by atoms with E-state index in [1.165, 1.54) is 36.5 Å². The Morgan fingerprint density at radius 3 is 2.56 bits per heavy atom. The molecule has 1 aliphatic heterocycles. The zero-order chi connectivity index (χ0) is 22.8. The number of benzene rings is 2. The van der Waals surface area contributed by atoms with Crippen molar-refractivity contribution in [1.82, 2.24) is 4.98 Å². The summed E-state index contributed by atoms with van der Waals surface area (Å²) < 4.78 is 5.48. The predicted octanol–water partition coefficient (Wildman–Crippen LogP) is 4.47. The van der Waals surface area contributed by atoms with Crippen LogP contribution < -0.4 is 9.64 Å². The van der Waals surface area contributed by atoms with Crippen molar-refractivity contribution in [2.24, 2.45) is 0 Å². The number of hydrogen-bond donors (Lipinski definition) is 2. The lowest BCUT2D eigenvalue weighted by Gasteiger charge is -2.25. The molecule has 1 aliphatic rings. The van der Waals surface area contributed by atoms with Gasteiger partial charge >= 0.3 is 0 Å². The highest BCUT2D eigenvalue weighted by Gasteiger charge is 2.48. The summed E-state index contributed by atoms with van der Waals surface area (Å²) >= 11 is 6.15. The summed E-state index contributed by atoms with van der Waals surface area (Å²) in [6.45, 7) is 2.15. The lowest BCUT2D eigenvalue weighted by molar-refractivity contribution is -0.132. The number of carbonyl (C=O) groups excluding carboxylic acids is 2. The molecule has 1 saturated heterocycles. The molecule has 8 heteroatoms. The lowest BCUT2D eigenvalue weighted by Crippen LogP contribution is -2.29. The van der Waals surface area contributed by atoms with Crippen LogP contribution in [0.4, 0.5) is 5.69 Å². The first kappa shape index (κ1) is 21.4. The Hall–Kier alpha value is -3.84. The second kappa shape index (κ2) is 8.72. The molecule has 32 heavy (non-hydrogen) atoms. The fraction of sp³-hybridized carbons (Fsp3) is 0.125. The van der Waals surface area contributed by atoms with E-state index in [4.69, 9.17) is 16.3 Å². The van der Waals surface area contributed by atoms with Crippen molar-refractivity contribution in [3.63, 3.8) is 0 Å². The zero-order valence-electron chi connectivity index (χ0n) is 17.0. The van der Waals surface area contributed by atoms with Crippen LogP contribution in [0.1, 0.15) is 24.2 Å². The maximum Gasteiger partial charge on any atom is 0.300 e. The zero-order valence-corrected chi connectivity index (χ0v) is 17.8. The van der Waals surface area contributed by atoms with Gasteiger partial charge in [-0.15, -0.1) is 0 Å². The van der Waals surface area contributed by atoms with Crippen LogP contribution in [0.5, 0.6) is 11.5 Å². The molecule has 0 radical (unpaired) electrons. The van der Waals surface area contributed by atoms with Crippen LogP contribution in [0.2, 0.25) is 5.02 Å². The number of anilines is 1. The van der Waals surface area contributed by atoms with E-state index < -0.39 is 23.5 Å². The van der Waals surface area contributed by atoms with Crippen LogP contribution in [0.3, 0.4) is 0 Å². The summed E-state index contributed by atoms with van der Waals surface area (Å²) in [5, 5.41) is 21.9. The van der Waals surface area contributed by atoms with E-state index in [0.29, 0.717) is 23.1 Å². The largest absolute Gasteiger partial charge is 0.507 e. The Labute approximate surface area is 189 Å². The van der Waals surface area contributed by atoms with Gasteiger partial charge in [-0.1, -0.05) is 29.8 Å². The molecule has 3 aromatic rings. The Balaban J connectivity index is 1.94.